The number of carbonyl (C=O) groups is 1. The van der Waals surface area contributed by atoms with Gasteiger partial charge in [0.15, 0.2) is 0 Å². The summed E-state index contributed by atoms with van der Waals surface area (Å²) in [6.07, 6.45) is 2.31. The van der Waals surface area contributed by atoms with Gasteiger partial charge < -0.3 is 10.6 Å². The minimum absolute atomic E-state index is 0.0696. The van der Waals surface area contributed by atoms with Gasteiger partial charge in [-0.3, -0.25) is 4.90 Å². The van der Waals surface area contributed by atoms with Crippen LogP contribution in [0.25, 0.3) is 0 Å². The minimum Gasteiger partial charge on any atom is -0.338 e. The van der Waals surface area contributed by atoms with Gasteiger partial charge in [0.1, 0.15) is 0 Å². The molecule has 1 aromatic heterocycles. The Bertz CT molecular complexity index is 607. The van der Waals surface area contributed by atoms with Crippen molar-refractivity contribution in [3.8, 4) is 0 Å². The Labute approximate surface area is 147 Å². The maximum Gasteiger partial charge on any atom is 0.315 e. The summed E-state index contributed by atoms with van der Waals surface area (Å²) < 4.78 is 0. The normalized spacial score (nSPS) is 16.0. The van der Waals surface area contributed by atoms with Crippen molar-refractivity contribution < 1.29 is 4.79 Å². The van der Waals surface area contributed by atoms with E-state index in [4.69, 9.17) is 0 Å². The molecule has 2 N–H and O–H groups in total. The highest BCUT2D eigenvalue weighted by molar-refractivity contribution is 7.09. The number of hydrogen-bond acceptors (Lipinski definition) is 3. The molecule has 0 aliphatic carbocycles. The van der Waals surface area contributed by atoms with Gasteiger partial charge in [-0.1, -0.05) is 36.4 Å². The van der Waals surface area contributed by atoms with Crippen LogP contribution in [-0.2, 0) is 13.1 Å². The number of nitrogens with zero attached hydrogens (tertiary/aromatic N) is 1. The van der Waals surface area contributed by atoms with E-state index in [0.29, 0.717) is 12.5 Å². The lowest BCUT2D eigenvalue weighted by Gasteiger charge is -2.31. The van der Waals surface area contributed by atoms with Crippen molar-refractivity contribution in [3.05, 3.63) is 58.3 Å². The van der Waals surface area contributed by atoms with Crippen LogP contribution in [0.4, 0.5) is 4.79 Å². The number of rotatable bonds is 6. The van der Waals surface area contributed by atoms with Gasteiger partial charge >= 0.3 is 6.03 Å². The third-order valence-corrected chi connectivity index (χ3v) is 5.38. The second-order valence-electron chi connectivity index (χ2n) is 6.35. The van der Waals surface area contributed by atoms with Gasteiger partial charge in [0.25, 0.3) is 0 Å². The van der Waals surface area contributed by atoms with Crippen molar-refractivity contribution in [1.29, 1.82) is 0 Å². The number of carbonyl (C=O) groups excluding carboxylic acids is 1. The molecule has 2 heterocycles. The summed E-state index contributed by atoms with van der Waals surface area (Å²) in [7, 11) is 0. The van der Waals surface area contributed by atoms with Crippen molar-refractivity contribution in [2.24, 2.45) is 5.92 Å². The van der Waals surface area contributed by atoms with Crippen LogP contribution < -0.4 is 10.6 Å². The largest absolute Gasteiger partial charge is 0.338 e. The molecular formula is C19H25N3OS. The number of hydrogen-bond donors (Lipinski definition) is 2. The van der Waals surface area contributed by atoms with Crippen molar-refractivity contribution in [1.82, 2.24) is 15.5 Å². The molecular weight excluding hydrogens is 318 g/mol. The zero-order valence-electron chi connectivity index (χ0n) is 13.9. The molecule has 5 heteroatoms. The molecule has 1 aliphatic heterocycles. The number of nitrogens with one attached hydrogen (secondary N) is 2. The topological polar surface area (TPSA) is 44.4 Å². The molecule has 0 bridgehead atoms. The van der Waals surface area contributed by atoms with Gasteiger partial charge in [-0.05, 0) is 48.9 Å². The van der Waals surface area contributed by atoms with Crippen LogP contribution in [0.3, 0.4) is 0 Å². The highest BCUT2D eigenvalue weighted by Gasteiger charge is 2.19. The molecule has 0 atom stereocenters. The molecule has 1 saturated heterocycles. The van der Waals surface area contributed by atoms with Crippen molar-refractivity contribution in [3.63, 3.8) is 0 Å². The molecule has 24 heavy (non-hydrogen) atoms. The number of urea groups is 1. The Morgan fingerprint density at radius 3 is 2.58 bits per heavy atom. The Morgan fingerprint density at radius 2 is 1.88 bits per heavy atom. The van der Waals surface area contributed by atoms with E-state index in [2.05, 4.69) is 33.0 Å². The molecule has 128 valence electrons. The van der Waals surface area contributed by atoms with E-state index in [1.54, 1.807) is 0 Å². The summed E-state index contributed by atoms with van der Waals surface area (Å²) in [5.41, 5.74) is 1.12. The van der Waals surface area contributed by atoms with E-state index < -0.39 is 0 Å². The van der Waals surface area contributed by atoms with E-state index in [-0.39, 0.29) is 6.03 Å². The van der Waals surface area contributed by atoms with Crippen LogP contribution in [0, 0.1) is 5.92 Å². The summed E-state index contributed by atoms with van der Waals surface area (Å²) in [6, 6.07) is 14.2. The molecule has 0 radical (unpaired) electrons. The third-order valence-electron chi connectivity index (χ3n) is 4.51. The SMILES string of the molecule is O=C(NCc1ccccc1)NCC1CCN(Cc2cccs2)CC1. The smallest absolute Gasteiger partial charge is 0.315 e. The first kappa shape index (κ1) is 17.0. The Kier molecular flexibility index (Phi) is 6.26. The predicted molar refractivity (Wildman–Crippen MR) is 99.0 cm³/mol. The minimum atomic E-state index is -0.0696. The fourth-order valence-electron chi connectivity index (χ4n) is 3.05. The van der Waals surface area contributed by atoms with E-state index in [0.717, 1.165) is 44.6 Å². The fraction of sp³-hybridized carbons (Fsp3) is 0.421. The van der Waals surface area contributed by atoms with Crippen molar-refractivity contribution in [2.45, 2.75) is 25.9 Å². The maximum atomic E-state index is 11.9. The zero-order chi connectivity index (χ0) is 16.6. The highest BCUT2D eigenvalue weighted by atomic mass is 32.1. The molecule has 1 aromatic carbocycles. The first-order valence-electron chi connectivity index (χ1n) is 8.60. The Balaban J connectivity index is 1.31. The van der Waals surface area contributed by atoms with E-state index in [1.807, 2.05) is 41.7 Å². The standard InChI is InChI=1S/C19H25N3OS/c23-19(20-13-16-5-2-1-3-6-16)21-14-17-8-10-22(11-9-17)15-18-7-4-12-24-18/h1-7,12,17H,8-11,13-15H2,(H2,20,21,23). The summed E-state index contributed by atoms with van der Waals surface area (Å²) in [6.45, 7) is 4.65. The van der Waals surface area contributed by atoms with Gasteiger partial charge in [-0.2, -0.15) is 0 Å². The molecule has 1 fully saturated rings. The molecule has 1 aliphatic rings. The molecule has 3 rings (SSSR count). The number of piperidine rings is 1. The van der Waals surface area contributed by atoms with E-state index in [1.165, 1.54) is 4.88 Å². The fourth-order valence-corrected chi connectivity index (χ4v) is 3.80. The lowest BCUT2D eigenvalue weighted by Crippen LogP contribution is -2.41. The number of benzene rings is 1. The molecule has 4 nitrogen and oxygen atoms in total. The molecule has 0 unspecified atom stereocenters. The second-order valence-corrected chi connectivity index (χ2v) is 7.38. The average Bonchev–Trinajstić information content (AvgIpc) is 3.13. The van der Waals surface area contributed by atoms with Crippen molar-refractivity contribution in [2.75, 3.05) is 19.6 Å². The quantitative estimate of drug-likeness (QED) is 0.844. The first-order chi connectivity index (χ1) is 11.8. The van der Waals surface area contributed by atoms with E-state index in [9.17, 15) is 4.79 Å². The van der Waals surface area contributed by atoms with Gasteiger partial charge in [-0.15, -0.1) is 11.3 Å². The van der Waals surface area contributed by atoms with Crippen LogP contribution in [-0.4, -0.2) is 30.6 Å². The highest BCUT2D eigenvalue weighted by Crippen LogP contribution is 2.20. The van der Waals surface area contributed by atoms with Crippen molar-refractivity contribution >= 4 is 17.4 Å². The van der Waals surface area contributed by atoms with Gasteiger partial charge in [0.05, 0.1) is 0 Å². The average molecular weight is 343 g/mol. The summed E-state index contributed by atoms with van der Waals surface area (Å²) in [5.74, 6) is 0.590. The van der Waals surface area contributed by atoms with Gasteiger partial charge in [0.2, 0.25) is 0 Å². The van der Waals surface area contributed by atoms with Crippen LogP contribution in [0.2, 0.25) is 0 Å². The summed E-state index contributed by atoms with van der Waals surface area (Å²) in [4.78, 5) is 15.9. The lowest BCUT2D eigenvalue weighted by atomic mass is 9.97. The molecule has 2 aromatic rings. The lowest BCUT2D eigenvalue weighted by molar-refractivity contribution is 0.176. The molecule has 0 spiro atoms. The number of amides is 2. The Morgan fingerprint density at radius 1 is 1.08 bits per heavy atom. The molecule has 2 amide bonds. The van der Waals surface area contributed by atoms with Crippen LogP contribution >= 0.6 is 11.3 Å². The summed E-state index contributed by atoms with van der Waals surface area (Å²) in [5, 5.41) is 8.07. The first-order valence-corrected chi connectivity index (χ1v) is 9.48. The predicted octanol–water partition coefficient (Wildman–Crippen LogP) is 3.46. The monoisotopic (exact) mass is 343 g/mol. The van der Waals surface area contributed by atoms with Gasteiger partial charge in [0, 0.05) is 24.5 Å². The Hall–Kier alpha value is -1.85. The maximum absolute atomic E-state index is 11.9. The van der Waals surface area contributed by atoms with E-state index >= 15 is 0 Å². The van der Waals surface area contributed by atoms with Gasteiger partial charge in [-0.25, -0.2) is 4.79 Å². The van der Waals surface area contributed by atoms with Crippen LogP contribution in [0.1, 0.15) is 23.3 Å². The second kappa shape index (κ2) is 8.85. The third kappa shape index (κ3) is 5.35. The number of likely N-dealkylation sites (tertiary alicyclic amines) is 1. The summed E-state index contributed by atoms with van der Waals surface area (Å²) >= 11 is 1.83. The van der Waals surface area contributed by atoms with Crippen LogP contribution in [0.5, 0.6) is 0 Å². The zero-order valence-corrected chi connectivity index (χ0v) is 14.7. The van der Waals surface area contributed by atoms with Crippen LogP contribution in [0.15, 0.2) is 47.8 Å². The number of thiophene rings is 1. The molecule has 0 saturated carbocycles.